The third-order valence-electron chi connectivity index (χ3n) is 2.89. The molecule has 2 N–H and O–H groups in total. The summed E-state index contributed by atoms with van der Waals surface area (Å²) in [5, 5.41) is 10.7. The van der Waals surface area contributed by atoms with Gasteiger partial charge >= 0.3 is 10.2 Å². The van der Waals surface area contributed by atoms with Crippen molar-refractivity contribution < 1.29 is 8.42 Å². The smallest absolute Gasteiger partial charge is 0.303 e. The minimum absolute atomic E-state index is 0.311. The Morgan fingerprint density at radius 1 is 1.61 bits per heavy atom. The van der Waals surface area contributed by atoms with Crippen molar-refractivity contribution in [2.75, 3.05) is 31.4 Å². The summed E-state index contributed by atoms with van der Waals surface area (Å²) in [6.07, 6.45) is 1.95. The predicted octanol–water partition coefficient (Wildman–Crippen LogP) is 0.126. The Balaban J connectivity index is 2.00. The van der Waals surface area contributed by atoms with Crippen molar-refractivity contribution in [1.82, 2.24) is 19.8 Å². The lowest BCUT2D eigenvalue weighted by molar-refractivity contribution is 0.264. The molecular weight excluding hydrogens is 274 g/mol. The Morgan fingerprint density at radius 2 is 2.44 bits per heavy atom. The second-order valence-electron chi connectivity index (χ2n) is 4.27. The first-order valence-corrected chi connectivity index (χ1v) is 8.12. The van der Waals surface area contributed by atoms with Crippen LogP contribution in [0, 0.1) is 5.92 Å². The van der Waals surface area contributed by atoms with E-state index in [0.29, 0.717) is 24.1 Å². The average molecular weight is 291 g/mol. The van der Waals surface area contributed by atoms with Crippen molar-refractivity contribution in [2.45, 2.75) is 12.8 Å². The van der Waals surface area contributed by atoms with Crippen LogP contribution < -0.4 is 10.0 Å². The summed E-state index contributed by atoms with van der Waals surface area (Å²) in [4.78, 5) is 0. The van der Waals surface area contributed by atoms with E-state index in [1.807, 2.05) is 7.05 Å². The van der Waals surface area contributed by atoms with Crippen molar-refractivity contribution in [3.63, 3.8) is 0 Å². The average Bonchev–Trinajstić information content (AvgIpc) is 2.82. The van der Waals surface area contributed by atoms with Crippen LogP contribution in [-0.2, 0) is 10.2 Å². The third kappa shape index (κ3) is 3.37. The molecule has 102 valence electrons. The summed E-state index contributed by atoms with van der Waals surface area (Å²) in [5.74, 6) is 0.370. The van der Waals surface area contributed by atoms with Gasteiger partial charge in [-0.25, -0.2) is 4.72 Å². The van der Waals surface area contributed by atoms with Gasteiger partial charge in [0.2, 0.25) is 5.13 Å². The molecule has 2 heterocycles. The standard InChI is InChI=1S/C9H17N5O2S2/c1-10-5-8-3-2-4-14(6-8)18(15,16)13-9-12-11-7-17-9/h7-8,10H,2-6H2,1H3,(H,12,13). The highest BCUT2D eigenvalue weighted by atomic mass is 32.2. The number of anilines is 1. The first-order valence-electron chi connectivity index (χ1n) is 5.80. The SMILES string of the molecule is CNCC1CCCN(S(=O)(=O)Nc2nncs2)C1. The maximum Gasteiger partial charge on any atom is 0.303 e. The number of nitrogens with one attached hydrogen (secondary N) is 2. The molecule has 1 aliphatic heterocycles. The number of hydrogen-bond acceptors (Lipinski definition) is 6. The van der Waals surface area contributed by atoms with Crippen molar-refractivity contribution in [3.8, 4) is 0 Å². The van der Waals surface area contributed by atoms with Gasteiger partial charge in [-0.15, -0.1) is 10.2 Å². The zero-order valence-electron chi connectivity index (χ0n) is 10.2. The van der Waals surface area contributed by atoms with Crippen molar-refractivity contribution in [3.05, 3.63) is 5.51 Å². The van der Waals surface area contributed by atoms with E-state index in [-0.39, 0.29) is 0 Å². The molecule has 0 aliphatic carbocycles. The van der Waals surface area contributed by atoms with Crippen LogP contribution in [-0.4, -0.2) is 49.6 Å². The summed E-state index contributed by atoms with van der Waals surface area (Å²) < 4.78 is 28.2. The first kappa shape index (κ1) is 13.7. The molecule has 0 aromatic carbocycles. The third-order valence-corrected chi connectivity index (χ3v) is 5.09. The lowest BCUT2D eigenvalue weighted by atomic mass is 10.00. The van der Waals surface area contributed by atoms with Crippen LogP contribution in [0.3, 0.4) is 0 Å². The molecule has 0 spiro atoms. The largest absolute Gasteiger partial charge is 0.319 e. The Morgan fingerprint density at radius 3 is 3.11 bits per heavy atom. The predicted molar refractivity (Wildman–Crippen MR) is 70.7 cm³/mol. The molecular formula is C9H17N5O2S2. The molecule has 18 heavy (non-hydrogen) atoms. The van der Waals surface area contributed by atoms with Crippen LogP contribution in [0.15, 0.2) is 5.51 Å². The summed E-state index contributed by atoms with van der Waals surface area (Å²) in [6.45, 7) is 1.95. The van der Waals surface area contributed by atoms with Crippen LogP contribution in [0.4, 0.5) is 5.13 Å². The maximum atomic E-state index is 12.1. The second kappa shape index (κ2) is 5.91. The highest BCUT2D eigenvalue weighted by molar-refractivity contribution is 7.90. The van der Waals surface area contributed by atoms with E-state index in [0.717, 1.165) is 19.4 Å². The highest BCUT2D eigenvalue weighted by Gasteiger charge is 2.29. The molecule has 9 heteroatoms. The molecule has 1 fully saturated rings. The fourth-order valence-corrected chi connectivity index (χ4v) is 4.06. The van der Waals surface area contributed by atoms with Gasteiger partial charge in [-0.2, -0.15) is 12.7 Å². The van der Waals surface area contributed by atoms with Crippen LogP contribution >= 0.6 is 11.3 Å². The van der Waals surface area contributed by atoms with Gasteiger partial charge in [0.1, 0.15) is 5.51 Å². The summed E-state index contributed by atoms with van der Waals surface area (Å²) in [5.41, 5.74) is 1.50. The topological polar surface area (TPSA) is 87.2 Å². The molecule has 1 atom stereocenters. The van der Waals surface area contributed by atoms with Crippen molar-refractivity contribution in [2.24, 2.45) is 5.92 Å². The van der Waals surface area contributed by atoms with Gasteiger partial charge in [0.05, 0.1) is 0 Å². The lowest BCUT2D eigenvalue weighted by Crippen LogP contribution is -2.44. The molecule has 0 bridgehead atoms. The monoisotopic (exact) mass is 291 g/mol. The van der Waals surface area contributed by atoms with Gasteiger partial charge in [-0.3, -0.25) is 0 Å². The fraction of sp³-hybridized carbons (Fsp3) is 0.778. The fourth-order valence-electron chi connectivity index (χ4n) is 2.09. The molecule has 1 saturated heterocycles. The zero-order valence-corrected chi connectivity index (χ0v) is 11.8. The van der Waals surface area contributed by atoms with Crippen LogP contribution in [0.5, 0.6) is 0 Å². The molecule has 1 aliphatic rings. The maximum absolute atomic E-state index is 12.1. The number of rotatable bonds is 5. The number of hydrogen-bond donors (Lipinski definition) is 2. The van der Waals surface area contributed by atoms with Gasteiger partial charge in [-0.05, 0) is 32.4 Å². The summed E-state index contributed by atoms with van der Waals surface area (Å²) in [6, 6.07) is 0. The van der Waals surface area contributed by atoms with E-state index >= 15 is 0 Å². The Kier molecular flexibility index (Phi) is 4.49. The van der Waals surface area contributed by atoms with Gasteiger partial charge in [0.25, 0.3) is 0 Å². The number of piperidine rings is 1. The Labute approximate surface area is 111 Å². The van der Waals surface area contributed by atoms with E-state index < -0.39 is 10.2 Å². The summed E-state index contributed by atoms with van der Waals surface area (Å²) >= 11 is 1.17. The van der Waals surface area contributed by atoms with E-state index in [1.165, 1.54) is 21.2 Å². The molecule has 2 rings (SSSR count). The Bertz CT molecular complexity index is 459. The molecule has 0 radical (unpaired) electrons. The van der Waals surface area contributed by atoms with E-state index in [9.17, 15) is 8.42 Å². The van der Waals surface area contributed by atoms with Crippen LogP contribution in [0.25, 0.3) is 0 Å². The summed E-state index contributed by atoms with van der Waals surface area (Å²) in [7, 11) is -1.61. The molecule has 0 amide bonds. The van der Waals surface area contributed by atoms with Gasteiger partial charge in [-0.1, -0.05) is 11.3 Å². The molecule has 0 saturated carbocycles. The van der Waals surface area contributed by atoms with E-state index in [2.05, 4.69) is 20.2 Å². The Hall–Kier alpha value is -0.770. The molecule has 1 aromatic rings. The van der Waals surface area contributed by atoms with Crippen molar-refractivity contribution >= 4 is 26.7 Å². The second-order valence-corrected chi connectivity index (χ2v) is 6.78. The van der Waals surface area contributed by atoms with Crippen LogP contribution in [0.1, 0.15) is 12.8 Å². The van der Waals surface area contributed by atoms with E-state index in [4.69, 9.17) is 0 Å². The number of nitrogens with zero attached hydrogens (tertiary/aromatic N) is 3. The van der Waals surface area contributed by atoms with Gasteiger partial charge < -0.3 is 5.32 Å². The van der Waals surface area contributed by atoms with Crippen molar-refractivity contribution in [1.29, 1.82) is 0 Å². The van der Waals surface area contributed by atoms with Gasteiger partial charge in [0.15, 0.2) is 0 Å². The molecule has 1 unspecified atom stereocenters. The molecule has 1 aromatic heterocycles. The minimum atomic E-state index is -3.49. The van der Waals surface area contributed by atoms with Gasteiger partial charge in [0, 0.05) is 13.1 Å². The quantitative estimate of drug-likeness (QED) is 0.805. The lowest BCUT2D eigenvalue weighted by Gasteiger charge is -2.31. The van der Waals surface area contributed by atoms with Crippen LogP contribution in [0.2, 0.25) is 0 Å². The zero-order chi connectivity index (χ0) is 13.0. The number of aromatic nitrogens is 2. The van der Waals surface area contributed by atoms with E-state index in [1.54, 1.807) is 0 Å². The normalized spacial score (nSPS) is 21.9. The minimum Gasteiger partial charge on any atom is -0.319 e. The first-order chi connectivity index (χ1) is 8.62. The molecule has 7 nitrogen and oxygen atoms in total. The highest BCUT2D eigenvalue weighted by Crippen LogP contribution is 2.20.